The summed E-state index contributed by atoms with van der Waals surface area (Å²) in [6.45, 7) is 7.42. The summed E-state index contributed by atoms with van der Waals surface area (Å²) in [5.74, 6) is 0.0911. The van der Waals surface area contributed by atoms with Crippen molar-refractivity contribution in [3.8, 4) is 0 Å². The third-order valence-electron chi connectivity index (χ3n) is 5.51. The molecule has 4 rings (SSSR count). The van der Waals surface area contributed by atoms with E-state index in [0.29, 0.717) is 10.6 Å². The third kappa shape index (κ3) is 3.91. The molecule has 0 bridgehead atoms. The molecular weight excluding hydrogens is 372 g/mol. The first-order valence-corrected chi connectivity index (χ1v) is 10.2. The van der Waals surface area contributed by atoms with Gasteiger partial charge < -0.3 is 9.47 Å². The predicted octanol–water partition coefficient (Wildman–Crippen LogP) is 3.71. The van der Waals surface area contributed by atoms with Gasteiger partial charge in [-0.25, -0.2) is 4.98 Å². The molecule has 1 aliphatic heterocycles. The van der Waals surface area contributed by atoms with E-state index in [2.05, 4.69) is 33.6 Å². The van der Waals surface area contributed by atoms with Crippen molar-refractivity contribution < 1.29 is 4.79 Å². The highest BCUT2D eigenvalue weighted by molar-refractivity contribution is 6.30. The molecule has 28 heavy (non-hydrogen) atoms. The molecule has 0 saturated carbocycles. The van der Waals surface area contributed by atoms with Crippen molar-refractivity contribution >= 4 is 28.5 Å². The molecule has 6 heteroatoms. The number of aromatic nitrogens is 2. The molecule has 3 aromatic rings. The number of pyridine rings is 1. The molecule has 0 atom stereocenters. The largest absolute Gasteiger partial charge is 0.336 e. The van der Waals surface area contributed by atoms with Crippen molar-refractivity contribution in [1.29, 1.82) is 0 Å². The number of fused-ring (bicyclic) bond motifs is 1. The molecule has 0 spiro atoms. The summed E-state index contributed by atoms with van der Waals surface area (Å²) >= 11 is 5.92. The zero-order valence-corrected chi connectivity index (χ0v) is 16.9. The molecule has 2 aromatic heterocycles. The van der Waals surface area contributed by atoms with E-state index in [4.69, 9.17) is 11.6 Å². The second kappa shape index (κ2) is 8.33. The van der Waals surface area contributed by atoms with E-state index in [9.17, 15) is 4.79 Å². The number of halogens is 1. The van der Waals surface area contributed by atoms with Gasteiger partial charge in [0.25, 0.3) is 5.91 Å². The molecule has 3 heterocycles. The zero-order valence-electron chi connectivity index (χ0n) is 16.1. The summed E-state index contributed by atoms with van der Waals surface area (Å²) in [7, 11) is 0. The predicted molar refractivity (Wildman–Crippen MR) is 113 cm³/mol. The molecule has 0 unspecified atom stereocenters. The Balaban J connectivity index is 1.34. The number of hydrogen-bond donors (Lipinski definition) is 0. The first kappa shape index (κ1) is 19.0. The number of carbonyl (C=O) groups is 1. The van der Waals surface area contributed by atoms with E-state index >= 15 is 0 Å². The number of nitrogens with zero attached hydrogens (tertiary/aromatic N) is 4. The first-order valence-electron chi connectivity index (χ1n) is 9.85. The standard InChI is InChI=1S/C22H25ClN4O/c1-2-26-16-18(20-4-3-10-24-21(20)26)9-11-25-12-14-27(15-13-25)22(28)17-5-7-19(23)8-6-17/h3-8,10,16H,2,9,11-15H2,1H3. The van der Waals surface area contributed by atoms with Crippen molar-refractivity contribution in [2.45, 2.75) is 19.9 Å². The molecule has 1 aromatic carbocycles. The Bertz CT molecular complexity index is 958. The maximum atomic E-state index is 12.6. The number of hydrogen-bond acceptors (Lipinski definition) is 3. The minimum atomic E-state index is 0.0911. The molecule has 1 saturated heterocycles. The molecule has 5 nitrogen and oxygen atoms in total. The normalized spacial score (nSPS) is 15.3. The Morgan fingerprint density at radius 2 is 1.86 bits per heavy atom. The fourth-order valence-electron chi connectivity index (χ4n) is 3.86. The second-order valence-corrected chi connectivity index (χ2v) is 7.64. The summed E-state index contributed by atoms with van der Waals surface area (Å²) in [4.78, 5) is 21.5. The van der Waals surface area contributed by atoms with Crippen LogP contribution in [0.4, 0.5) is 0 Å². The van der Waals surface area contributed by atoms with E-state index in [0.717, 1.165) is 51.3 Å². The van der Waals surface area contributed by atoms with Gasteiger partial charge in [-0.15, -0.1) is 0 Å². The van der Waals surface area contributed by atoms with Crippen molar-refractivity contribution in [2.75, 3.05) is 32.7 Å². The number of rotatable bonds is 5. The van der Waals surface area contributed by atoms with Gasteiger partial charge >= 0.3 is 0 Å². The number of aryl methyl sites for hydroxylation is 1. The number of benzene rings is 1. The lowest BCUT2D eigenvalue weighted by Crippen LogP contribution is -2.49. The highest BCUT2D eigenvalue weighted by Crippen LogP contribution is 2.20. The van der Waals surface area contributed by atoms with Gasteiger partial charge in [0.05, 0.1) is 0 Å². The molecular formula is C22H25ClN4O. The van der Waals surface area contributed by atoms with Crippen molar-refractivity contribution in [2.24, 2.45) is 0 Å². The summed E-state index contributed by atoms with van der Waals surface area (Å²) in [5, 5.41) is 1.90. The van der Waals surface area contributed by atoms with Crippen LogP contribution in [0.2, 0.25) is 5.02 Å². The van der Waals surface area contributed by atoms with Crippen LogP contribution in [0, 0.1) is 0 Å². The minimum Gasteiger partial charge on any atom is -0.336 e. The fraction of sp³-hybridized carbons (Fsp3) is 0.364. The molecule has 146 valence electrons. The van der Waals surface area contributed by atoms with Crippen LogP contribution < -0.4 is 0 Å². The number of piperazine rings is 1. The van der Waals surface area contributed by atoms with Crippen molar-refractivity contribution in [1.82, 2.24) is 19.4 Å². The van der Waals surface area contributed by atoms with E-state index in [-0.39, 0.29) is 5.91 Å². The van der Waals surface area contributed by atoms with Gasteiger partial charge in [0.15, 0.2) is 0 Å². The molecule has 1 amide bonds. The monoisotopic (exact) mass is 396 g/mol. The minimum absolute atomic E-state index is 0.0911. The lowest BCUT2D eigenvalue weighted by molar-refractivity contribution is 0.0638. The van der Waals surface area contributed by atoms with Gasteiger partial charge in [-0.1, -0.05) is 11.6 Å². The van der Waals surface area contributed by atoms with Crippen LogP contribution in [0.15, 0.2) is 48.8 Å². The Morgan fingerprint density at radius 3 is 2.57 bits per heavy atom. The maximum Gasteiger partial charge on any atom is 0.253 e. The van der Waals surface area contributed by atoms with E-state index in [1.54, 1.807) is 24.3 Å². The van der Waals surface area contributed by atoms with Gasteiger partial charge in [0.2, 0.25) is 0 Å². The lowest BCUT2D eigenvalue weighted by Gasteiger charge is -2.34. The van der Waals surface area contributed by atoms with Crippen LogP contribution in [0.3, 0.4) is 0 Å². The smallest absolute Gasteiger partial charge is 0.253 e. The van der Waals surface area contributed by atoms with Gasteiger partial charge in [-0.3, -0.25) is 9.69 Å². The SMILES string of the molecule is CCn1cc(CCN2CCN(C(=O)c3ccc(Cl)cc3)CC2)c2cccnc21. The molecule has 1 fully saturated rings. The van der Waals surface area contributed by atoms with Crippen LogP contribution in [0.5, 0.6) is 0 Å². The average molecular weight is 397 g/mol. The maximum absolute atomic E-state index is 12.6. The van der Waals surface area contributed by atoms with Crippen molar-refractivity contribution in [3.05, 3.63) is 64.9 Å². The highest BCUT2D eigenvalue weighted by Gasteiger charge is 2.22. The summed E-state index contributed by atoms with van der Waals surface area (Å²) in [5.41, 5.74) is 3.13. The molecule has 1 aliphatic rings. The van der Waals surface area contributed by atoms with E-state index < -0.39 is 0 Å². The average Bonchev–Trinajstić information content (AvgIpc) is 3.11. The van der Waals surface area contributed by atoms with Gasteiger partial charge in [0, 0.05) is 67.6 Å². The summed E-state index contributed by atoms with van der Waals surface area (Å²) in [6, 6.07) is 11.3. The molecule has 0 N–H and O–H groups in total. The fourth-order valence-corrected chi connectivity index (χ4v) is 3.99. The van der Waals surface area contributed by atoms with Gasteiger partial charge in [0.1, 0.15) is 5.65 Å². The quantitative estimate of drug-likeness (QED) is 0.660. The topological polar surface area (TPSA) is 41.4 Å². The Labute approximate surface area is 170 Å². The number of carbonyl (C=O) groups excluding carboxylic acids is 1. The van der Waals surface area contributed by atoms with Crippen molar-refractivity contribution in [3.63, 3.8) is 0 Å². The molecule has 0 aliphatic carbocycles. The Kier molecular flexibility index (Phi) is 5.64. The van der Waals surface area contributed by atoms with Crippen LogP contribution in [-0.4, -0.2) is 58.0 Å². The Morgan fingerprint density at radius 1 is 1.11 bits per heavy atom. The van der Waals surface area contributed by atoms with E-state index in [1.807, 2.05) is 17.2 Å². The third-order valence-corrected chi connectivity index (χ3v) is 5.76. The highest BCUT2D eigenvalue weighted by atomic mass is 35.5. The summed E-state index contributed by atoms with van der Waals surface area (Å²) < 4.78 is 2.22. The first-order chi connectivity index (χ1) is 13.7. The van der Waals surface area contributed by atoms with E-state index in [1.165, 1.54) is 10.9 Å². The number of amides is 1. The zero-order chi connectivity index (χ0) is 19.5. The van der Waals surface area contributed by atoms with Crippen LogP contribution in [0.1, 0.15) is 22.8 Å². The Hall–Kier alpha value is -2.37. The van der Waals surface area contributed by atoms with Gasteiger partial charge in [-0.05, 0) is 55.3 Å². The van der Waals surface area contributed by atoms with Crippen LogP contribution in [0.25, 0.3) is 11.0 Å². The van der Waals surface area contributed by atoms with Crippen LogP contribution >= 0.6 is 11.6 Å². The molecule has 0 radical (unpaired) electrons. The van der Waals surface area contributed by atoms with Crippen LogP contribution in [-0.2, 0) is 13.0 Å². The summed E-state index contributed by atoms with van der Waals surface area (Å²) in [6.07, 6.45) is 5.09. The lowest BCUT2D eigenvalue weighted by atomic mass is 10.1. The van der Waals surface area contributed by atoms with Gasteiger partial charge in [-0.2, -0.15) is 0 Å². The second-order valence-electron chi connectivity index (χ2n) is 7.21.